The molecule has 0 aliphatic carbocycles. The Balaban J connectivity index is 0.00000212. The lowest BCUT2D eigenvalue weighted by molar-refractivity contribution is -0.133. The summed E-state index contributed by atoms with van der Waals surface area (Å²) in [6.07, 6.45) is -0.413. The first-order valence-corrected chi connectivity index (χ1v) is 10.6. The van der Waals surface area contributed by atoms with E-state index in [9.17, 15) is 18.8 Å². The zero-order chi connectivity index (χ0) is 24.2. The van der Waals surface area contributed by atoms with Crippen molar-refractivity contribution in [3.05, 3.63) is 17.5 Å². The molecule has 2 heterocycles. The van der Waals surface area contributed by atoms with E-state index in [0.29, 0.717) is 26.2 Å². The van der Waals surface area contributed by atoms with Gasteiger partial charge in [-0.25, -0.2) is 14.0 Å². The van der Waals surface area contributed by atoms with Gasteiger partial charge in [-0.15, -0.1) is 0 Å². The van der Waals surface area contributed by atoms with Crippen LogP contribution in [0.3, 0.4) is 0 Å². The summed E-state index contributed by atoms with van der Waals surface area (Å²) in [5, 5.41) is 3.94. The molecule has 1 aliphatic heterocycles. The van der Waals surface area contributed by atoms with E-state index in [0.717, 1.165) is 4.68 Å². The number of aromatic nitrogens is 2. The Labute approximate surface area is 184 Å². The highest BCUT2D eigenvalue weighted by molar-refractivity contribution is 5.87. The van der Waals surface area contributed by atoms with Crippen LogP contribution in [0, 0.1) is 0 Å². The molecule has 2 rings (SSSR count). The molecular weight excluding hydrogens is 407 g/mol. The summed E-state index contributed by atoms with van der Waals surface area (Å²) in [4.78, 5) is 39.2. The summed E-state index contributed by atoms with van der Waals surface area (Å²) in [5.74, 6) is -0.963. The predicted octanol–water partition coefficient (Wildman–Crippen LogP) is 3.27. The molecule has 178 valence electrons. The van der Waals surface area contributed by atoms with Gasteiger partial charge in [0.2, 0.25) is 5.91 Å². The van der Waals surface area contributed by atoms with Crippen molar-refractivity contribution in [1.29, 1.82) is 0 Å². The molecule has 0 aromatic carbocycles. The quantitative estimate of drug-likeness (QED) is 0.662. The van der Waals surface area contributed by atoms with Crippen molar-refractivity contribution >= 4 is 18.0 Å². The number of hydrogen-bond donors (Lipinski definition) is 0. The maximum Gasteiger partial charge on any atom is 0.410 e. The number of esters is 1. The smallest absolute Gasteiger partial charge is 0.410 e. The summed E-state index contributed by atoms with van der Waals surface area (Å²) < 4.78 is 24.2. The second kappa shape index (κ2) is 13.6. The molecular formula is C21H37FN4O5. The van der Waals surface area contributed by atoms with Crippen LogP contribution < -0.4 is 0 Å². The second-order valence-electron chi connectivity index (χ2n) is 7.15. The SMILES string of the molecule is CC.CC.COC(=O)c1cc(CF)n(CC(=O)N2CCN(C(=O)OC(C)(C)C)CC2)n1. The first-order chi connectivity index (χ1) is 14.6. The van der Waals surface area contributed by atoms with E-state index in [-0.39, 0.29) is 23.8 Å². The van der Waals surface area contributed by atoms with E-state index in [4.69, 9.17) is 4.74 Å². The molecule has 0 spiro atoms. The maximum absolute atomic E-state index is 13.1. The van der Waals surface area contributed by atoms with Crippen LogP contribution in [0.25, 0.3) is 0 Å². The van der Waals surface area contributed by atoms with Gasteiger partial charge in [-0.2, -0.15) is 5.10 Å². The number of piperazine rings is 1. The van der Waals surface area contributed by atoms with Crippen LogP contribution in [0.2, 0.25) is 0 Å². The number of carbonyl (C=O) groups is 3. The first-order valence-electron chi connectivity index (χ1n) is 10.6. The second-order valence-corrected chi connectivity index (χ2v) is 7.15. The molecule has 1 aliphatic rings. The Morgan fingerprint density at radius 1 is 1.03 bits per heavy atom. The number of halogens is 1. The summed E-state index contributed by atoms with van der Waals surface area (Å²) in [5.41, 5.74) is -0.506. The van der Waals surface area contributed by atoms with Crippen LogP contribution in [0.4, 0.5) is 9.18 Å². The molecule has 2 amide bonds. The van der Waals surface area contributed by atoms with Gasteiger partial charge in [0.25, 0.3) is 0 Å². The lowest BCUT2D eigenvalue weighted by atomic mass is 10.2. The first kappa shape index (κ1) is 28.4. The van der Waals surface area contributed by atoms with E-state index in [2.05, 4.69) is 9.84 Å². The molecule has 0 bridgehead atoms. The zero-order valence-electron chi connectivity index (χ0n) is 20.0. The number of amides is 2. The fourth-order valence-corrected chi connectivity index (χ4v) is 2.60. The number of rotatable bonds is 4. The summed E-state index contributed by atoms with van der Waals surface area (Å²) in [6.45, 7) is 13.7. The Hall–Kier alpha value is -2.65. The molecule has 31 heavy (non-hydrogen) atoms. The maximum atomic E-state index is 13.1. The molecule has 1 aromatic heterocycles. The van der Waals surface area contributed by atoms with Crippen LogP contribution in [0.15, 0.2) is 6.07 Å². The lowest BCUT2D eigenvalue weighted by Crippen LogP contribution is -2.52. The fraction of sp³-hybridized carbons (Fsp3) is 0.714. The van der Waals surface area contributed by atoms with Gasteiger partial charge in [0.1, 0.15) is 18.8 Å². The molecule has 10 heteroatoms. The van der Waals surface area contributed by atoms with Gasteiger partial charge in [-0.3, -0.25) is 9.48 Å². The van der Waals surface area contributed by atoms with E-state index in [1.54, 1.807) is 30.6 Å². The number of ether oxygens (including phenoxy) is 2. The number of nitrogens with zero attached hydrogens (tertiary/aromatic N) is 4. The summed E-state index contributed by atoms with van der Waals surface area (Å²) >= 11 is 0. The zero-order valence-corrected chi connectivity index (χ0v) is 20.0. The van der Waals surface area contributed by atoms with Gasteiger partial charge in [0.15, 0.2) is 5.69 Å². The van der Waals surface area contributed by atoms with Crippen LogP contribution in [-0.2, 0) is 27.5 Å². The lowest BCUT2D eigenvalue weighted by Gasteiger charge is -2.35. The van der Waals surface area contributed by atoms with Gasteiger partial charge in [-0.05, 0) is 26.8 Å². The molecule has 1 aromatic rings. The van der Waals surface area contributed by atoms with E-state index in [1.165, 1.54) is 13.2 Å². The van der Waals surface area contributed by atoms with Gasteiger partial charge < -0.3 is 19.3 Å². The number of hydrogen-bond acceptors (Lipinski definition) is 6. The minimum absolute atomic E-state index is 0.0484. The van der Waals surface area contributed by atoms with Crippen molar-refractivity contribution in [2.45, 2.75) is 67.3 Å². The molecule has 1 saturated heterocycles. The van der Waals surface area contributed by atoms with E-state index < -0.39 is 24.3 Å². The Bertz CT molecular complexity index is 707. The van der Waals surface area contributed by atoms with Crippen molar-refractivity contribution in [3.63, 3.8) is 0 Å². The minimum Gasteiger partial charge on any atom is -0.464 e. The molecule has 0 atom stereocenters. The van der Waals surface area contributed by atoms with Crippen molar-refractivity contribution in [2.75, 3.05) is 33.3 Å². The van der Waals surface area contributed by atoms with Crippen molar-refractivity contribution in [3.8, 4) is 0 Å². The Morgan fingerprint density at radius 3 is 2.00 bits per heavy atom. The number of carbonyl (C=O) groups excluding carboxylic acids is 3. The largest absolute Gasteiger partial charge is 0.464 e. The highest BCUT2D eigenvalue weighted by Gasteiger charge is 2.28. The molecule has 0 saturated carbocycles. The van der Waals surface area contributed by atoms with Crippen molar-refractivity contribution < 1.29 is 28.2 Å². The highest BCUT2D eigenvalue weighted by Crippen LogP contribution is 2.13. The molecule has 0 N–H and O–H groups in total. The molecule has 0 radical (unpaired) electrons. The fourth-order valence-electron chi connectivity index (χ4n) is 2.60. The van der Waals surface area contributed by atoms with Gasteiger partial charge in [0.05, 0.1) is 12.8 Å². The topological polar surface area (TPSA) is 94.0 Å². The average molecular weight is 445 g/mol. The third kappa shape index (κ3) is 8.94. The Morgan fingerprint density at radius 2 is 1.55 bits per heavy atom. The van der Waals surface area contributed by atoms with Crippen LogP contribution in [-0.4, -0.2) is 76.4 Å². The van der Waals surface area contributed by atoms with Gasteiger partial charge in [0, 0.05) is 26.2 Å². The summed E-state index contributed by atoms with van der Waals surface area (Å²) in [7, 11) is 1.20. The monoisotopic (exact) mass is 444 g/mol. The van der Waals surface area contributed by atoms with E-state index >= 15 is 0 Å². The highest BCUT2D eigenvalue weighted by atomic mass is 19.1. The number of methoxy groups -OCH3 is 1. The van der Waals surface area contributed by atoms with Crippen molar-refractivity contribution in [2.24, 2.45) is 0 Å². The summed E-state index contributed by atoms with van der Waals surface area (Å²) in [6, 6.07) is 1.26. The van der Waals surface area contributed by atoms with Crippen LogP contribution >= 0.6 is 0 Å². The van der Waals surface area contributed by atoms with Crippen LogP contribution in [0.1, 0.15) is 64.6 Å². The molecule has 0 unspecified atom stereocenters. The van der Waals surface area contributed by atoms with E-state index in [1.807, 2.05) is 27.7 Å². The standard InChI is InChI=1S/C17H25FN4O5.2C2H6/c1-17(2,3)27-16(25)21-7-5-20(6-8-21)14(23)11-22-12(10-18)9-13(19-22)15(24)26-4;2*1-2/h9H,5-8,10-11H2,1-4H3;2*1-2H3. The normalized spacial score (nSPS) is 13.3. The van der Waals surface area contributed by atoms with Crippen molar-refractivity contribution in [1.82, 2.24) is 19.6 Å². The van der Waals surface area contributed by atoms with Crippen LogP contribution in [0.5, 0.6) is 0 Å². The third-order valence-electron chi connectivity index (χ3n) is 3.96. The Kier molecular flexibility index (Phi) is 12.4. The third-order valence-corrected chi connectivity index (χ3v) is 3.96. The van der Waals surface area contributed by atoms with Gasteiger partial charge >= 0.3 is 12.1 Å². The van der Waals surface area contributed by atoms with Gasteiger partial charge in [-0.1, -0.05) is 27.7 Å². The predicted molar refractivity (Wildman–Crippen MR) is 115 cm³/mol. The molecule has 1 fully saturated rings. The average Bonchev–Trinajstić information content (AvgIpc) is 3.17. The number of alkyl halides is 1. The minimum atomic E-state index is -0.857. The molecule has 9 nitrogen and oxygen atoms in total.